The zero-order valence-corrected chi connectivity index (χ0v) is 14.1. The molecule has 0 aliphatic heterocycles. The Morgan fingerprint density at radius 2 is 2.00 bits per heavy atom. The van der Waals surface area contributed by atoms with Crippen molar-refractivity contribution in [2.75, 3.05) is 14.2 Å². The third-order valence-electron chi connectivity index (χ3n) is 4.66. The van der Waals surface area contributed by atoms with Gasteiger partial charge in [-0.1, -0.05) is 43.5 Å². The summed E-state index contributed by atoms with van der Waals surface area (Å²) in [5.41, 5.74) is 1.39. The van der Waals surface area contributed by atoms with Crippen LogP contribution in [-0.2, 0) is 0 Å². The van der Waals surface area contributed by atoms with Crippen molar-refractivity contribution in [2.24, 2.45) is 11.3 Å². The van der Waals surface area contributed by atoms with Gasteiger partial charge in [0.2, 0.25) is 0 Å². The highest BCUT2D eigenvalue weighted by Crippen LogP contribution is 2.50. The van der Waals surface area contributed by atoms with E-state index in [4.69, 9.17) is 27.9 Å². The lowest BCUT2D eigenvalue weighted by molar-refractivity contribution is 0.203. The summed E-state index contributed by atoms with van der Waals surface area (Å²) in [7, 11) is 3.60. The van der Waals surface area contributed by atoms with Crippen LogP contribution < -0.4 is 10.1 Å². The van der Waals surface area contributed by atoms with Crippen LogP contribution in [0.2, 0.25) is 10.0 Å². The minimum atomic E-state index is 0.225. The molecular formula is C16H23Cl2NO. The van der Waals surface area contributed by atoms with E-state index in [2.05, 4.69) is 19.2 Å². The van der Waals surface area contributed by atoms with Crippen LogP contribution in [0, 0.1) is 11.3 Å². The standard InChI is InChI=1S/C16H23Cl2NO/c1-16(2)7-5-6-11(16)15(19-3)10-8-13(18)14(20-4)9-12(10)17/h8-9,11,15,19H,5-7H2,1-4H3. The number of halogens is 2. The Balaban J connectivity index is 2.40. The van der Waals surface area contributed by atoms with Crippen molar-refractivity contribution in [1.29, 1.82) is 0 Å². The minimum absolute atomic E-state index is 0.225. The smallest absolute Gasteiger partial charge is 0.138 e. The Hall–Kier alpha value is -0.440. The minimum Gasteiger partial charge on any atom is -0.495 e. The zero-order chi connectivity index (χ0) is 14.9. The van der Waals surface area contributed by atoms with Gasteiger partial charge in [-0.05, 0) is 42.9 Å². The number of hydrogen-bond acceptors (Lipinski definition) is 2. The second kappa shape index (κ2) is 6.13. The van der Waals surface area contributed by atoms with Crippen molar-refractivity contribution in [1.82, 2.24) is 5.32 Å². The van der Waals surface area contributed by atoms with Gasteiger partial charge in [-0.2, -0.15) is 0 Å². The van der Waals surface area contributed by atoms with E-state index in [9.17, 15) is 0 Å². The van der Waals surface area contributed by atoms with Crippen molar-refractivity contribution in [3.63, 3.8) is 0 Å². The molecule has 1 N–H and O–H groups in total. The largest absolute Gasteiger partial charge is 0.495 e. The first kappa shape index (κ1) is 15.9. The molecule has 1 saturated carbocycles. The molecule has 112 valence electrons. The van der Waals surface area contributed by atoms with Crippen LogP contribution in [-0.4, -0.2) is 14.2 Å². The Labute approximate surface area is 131 Å². The summed E-state index contributed by atoms with van der Waals surface area (Å²) in [6.07, 6.45) is 3.76. The number of rotatable bonds is 4. The van der Waals surface area contributed by atoms with E-state index in [-0.39, 0.29) is 6.04 Å². The average molecular weight is 316 g/mol. The van der Waals surface area contributed by atoms with E-state index in [0.29, 0.717) is 27.1 Å². The molecule has 0 heterocycles. The maximum absolute atomic E-state index is 6.45. The molecule has 0 saturated heterocycles. The molecule has 1 aliphatic rings. The van der Waals surface area contributed by atoms with Crippen LogP contribution in [0.15, 0.2) is 12.1 Å². The molecule has 2 unspecified atom stereocenters. The van der Waals surface area contributed by atoms with Crippen LogP contribution in [0.3, 0.4) is 0 Å². The Kier molecular flexibility index (Phi) is 4.88. The van der Waals surface area contributed by atoms with E-state index in [0.717, 1.165) is 5.56 Å². The Morgan fingerprint density at radius 1 is 1.30 bits per heavy atom. The highest BCUT2D eigenvalue weighted by atomic mass is 35.5. The predicted octanol–water partition coefficient (Wildman–Crippen LogP) is 5.09. The monoisotopic (exact) mass is 315 g/mol. The van der Waals surface area contributed by atoms with Crippen molar-refractivity contribution >= 4 is 23.2 Å². The summed E-state index contributed by atoms with van der Waals surface area (Å²) in [6, 6.07) is 3.98. The molecule has 1 aromatic carbocycles. The number of ether oxygens (including phenoxy) is 1. The predicted molar refractivity (Wildman–Crippen MR) is 85.9 cm³/mol. The second-order valence-corrected chi connectivity index (χ2v) is 7.08. The lowest BCUT2D eigenvalue weighted by Gasteiger charge is -2.35. The van der Waals surface area contributed by atoms with Gasteiger partial charge in [0.25, 0.3) is 0 Å². The Morgan fingerprint density at radius 3 is 2.50 bits per heavy atom. The van der Waals surface area contributed by atoms with Crippen molar-refractivity contribution in [3.05, 3.63) is 27.7 Å². The van der Waals surface area contributed by atoms with Gasteiger partial charge in [-0.15, -0.1) is 0 Å². The molecule has 4 heteroatoms. The topological polar surface area (TPSA) is 21.3 Å². The molecule has 1 aliphatic carbocycles. The lowest BCUT2D eigenvalue weighted by Crippen LogP contribution is -2.32. The summed E-state index contributed by atoms with van der Waals surface area (Å²) in [5.74, 6) is 1.19. The van der Waals surface area contributed by atoms with Gasteiger partial charge in [-0.3, -0.25) is 0 Å². The van der Waals surface area contributed by atoms with Gasteiger partial charge in [0, 0.05) is 17.1 Å². The van der Waals surface area contributed by atoms with E-state index >= 15 is 0 Å². The average Bonchev–Trinajstić information content (AvgIpc) is 2.74. The van der Waals surface area contributed by atoms with Gasteiger partial charge < -0.3 is 10.1 Å². The summed E-state index contributed by atoms with van der Waals surface area (Å²) in [6.45, 7) is 4.68. The van der Waals surface area contributed by atoms with E-state index in [1.54, 1.807) is 7.11 Å². The molecule has 2 nitrogen and oxygen atoms in total. The van der Waals surface area contributed by atoms with Crippen molar-refractivity contribution in [3.8, 4) is 5.75 Å². The maximum Gasteiger partial charge on any atom is 0.138 e. The molecule has 1 aromatic rings. The van der Waals surface area contributed by atoms with E-state index < -0.39 is 0 Å². The Bertz CT molecular complexity index is 488. The van der Waals surface area contributed by atoms with Gasteiger partial charge in [0.15, 0.2) is 0 Å². The quantitative estimate of drug-likeness (QED) is 0.835. The van der Waals surface area contributed by atoms with Crippen LogP contribution in [0.5, 0.6) is 5.75 Å². The first-order valence-electron chi connectivity index (χ1n) is 7.11. The zero-order valence-electron chi connectivity index (χ0n) is 12.6. The van der Waals surface area contributed by atoms with E-state index in [1.165, 1.54) is 19.3 Å². The van der Waals surface area contributed by atoms with Crippen molar-refractivity contribution < 1.29 is 4.74 Å². The van der Waals surface area contributed by atoms with Gasteiger partial charge in [0.05, 0.1) is 12.1 Å². The third-order valence-corrected chi connectivity index (χ3v) is 5.28. The highest BCUT2D eigenvalue weighted by Gasteiger charge is 2.40. The molecule has 1 fully saturated rings. The third kappa shape index (κ3) is 2.93. The normalized spacial score (nSPS) is 22.8. The van der Waals surface area contributed by atoms with Gasteiger partial charge in [0.1, 0.15) is 5.75 Å². The molecule has 20 heavy (non-hydrogen) atoms. The molecule has 0 radical (unpaired) electrons. The molecule has 2 atom stereocenters. The van der Waals surface area contributed by atoms with Crippen LogP contribution in [0.1, 0.15) is 44.7 Å². The van der Waals surface area contributed by atoms with Gasteiger partial charge >= 0.3 is 0 Å². The summed E-state index contributed by atoms with van der Waals surface area (Å²) in [5, 5.41) is 4.77. The van der Waals surface area contributed by atoms with Gasteiger partial charge in [-0.25, -0.2) is 0 Å². The maximum atomic E-state index is 6.45. The fourth-order valence-corrected chi connectivity index (χ4v) is 4.00. The van der Waals surface area contributed by atoms with E-state index in [1.807, 2.05) is 19.2 Å². The van der Waals surface area contributed by atoms with Crippen LogP contribution >= 0.6 is 23.2 Å². The lowest BCUT2D eigenvalue weighted by atomic mass is 9.75. The molecular weight excluding hydrogens is 293 g/mol. The fraction of sp³-hybridized carbons (Fsp3) is 0.625. The number of benzene rings is 1. The number of hydrogen-bond donors (Lipinski definition) is 1. The number of methoxy groups -OCH3 is 1. The molecule has 0 spiro atoms. The fourth-order valence-electron chi connectivity index (χ4n) is 3.48. The summed E-state index contributed by atoms with van der Waals surface area (Å²) in [4.78, 5) is 0. The SMILES string of the molecule is CNC(c1cc(Cl)c(OC)cc1Cl)C1CCCC1(C)C. The molecule has 0 aromatic heterocycles. The second-order valence-electron chi connectivity index (χ2n) is 6.26. The summed E-state index contributed by atoms with van der Waals surface area (Å²) >= 11 is 12.7. The first-order chi connectivity index (χ1) is 9.40. The summed E-state index contributed by atoms with van der Waals surface area (Å²) < 4.78 is 5.22. The van der Waals surface area contributed by atoms with Crippen LogP contribution in [0.25, 0.3) is 0 Å². The first-order valence-corrected chi connectivity index (χ1v) is 7.86. The molecule has 0 bridgehead atoms. The van der Waals surface area contributed by atoms with Crippen LogP contribution in [0.4, 0.5) is 0 Å². The molecule has 2 rings (SSSR count). The van der Waals surface area contributed by atoms with Crippen molar-refractivity contribution in [2.45, 2.75) is 39.2 Å². The number of nitrogens with one attached hydrogen (secondary N) is 1. The molecule has 0 amide bonds. The highest BCUT2D eigenvalue weighted by molar-refractivity contribution is 6.34.